The van der Waals surface area contributed by atoms with Gasteiger partial charge in [0, 0.05) is 21.8 Å². The van der Waals surface area contributed by atoms with Crippen molar-refractivity contribution in [1.82, 2.24) is 15.3 Å². The molecule has 1 aliphatic rings. The number of rotatable bonds is 4. The second-order valence-corrected chi connectivity index (χ2v) is 6.45. The second kappa shape index (κ2) is 6.10. The number of imidazole rings is 1. The first kappa shape index (κ1) is 13.8. The fourth-order valence-corrected chi connectivity index (χ4v) is 3.29. The van der Waals surface area contributed by atoms with Crippen molar-refractivity contribution in [2.45, 2.75) is 45.2 Å². The van der Waals surface area contributed by atoms with Gasteiger partial charge in [-0.25, -0.2) is 4.98 Å². The van der Waals surface area contributed by atoms with Crippen LogP contribution in [0.2, 0.25) is 0 Å². The van der Waals surface area contributed by atoms with Gasteiger partial charge in [-0.05, 0) is 31.9 Å². The van der Waals surface area contributed by atoms with Gasteiger partial charge in [-0.1, -0.05) is 40.9 Å². The molecule has 1 aromatic carbocycles. The van der Waals surface area contributed by atoms with Crippen LogP contribution in [-0.2, 0) is 6.54 Å². The summed E-state index contributed by atoms with van der Waals surface area (Å²) in [7, 11) is 0. The van der Waals surface area contributed by atoms with Gasteiger partial charge in [0.15, 0.2) is 0 Å². The predicted molar refractivity (Wildman–Crippen MR) is 85.6 cm³/mol. The molecule has 1 aromatic heterocycles. The van der Waals surface area contributed by atoms with Crippen LogP contribution >= 0.6 is 15.9 Å². The van der Waals surface area contributed by atoms with Gasteiger partial charge in [0.1, 0.15) is 5.82 Å². The molecule has 0 amide bonds. The van der Waals surface area contributed by atoms with E-state index < -0.39 is 0 Å². The summed E-state index contributed by atoms with van der Waals surface area (Å²) in [6.45, 7) is 2.92. The van der Waals surface area contributed by atoms with Crippen molar-refractivity contribution in [2.24, 2.45) is 0 Å². The van der Waals surface area contributed by atoms with Crippen LogP contribution in [0.5, 0.6) is 0 Å². The first-order valence-electron chi connectivity index (χ1n) is 7.27. The molecule has 0 unspecified atom stereocenters. The molecule has 1 aliphatic carbocycles. The smallest absolute Gasteiger partial charge is 0.121 e. The maximum absolute atomic E-state index is 4.74. The zero-order valence-corrected chi connectivity index (χ0v) is 13.3. The first-order valence-corrected chi connectivity index (χ1v) is 8.06. The first-order chi connectivity index (χ1) is 9.72. The molecule has 1 heterocycles. The Balaban J connectivity index is 1.73. The maximum atomic E-state index is 4.74. The molecule has 0 bridgehead atoms. The highest BCUT2D eigenvalue weighted by Gasteiger charge is 2.15. The lowest BCUT2D eigenvalue weighted by molar-refractivity contribution is 0.515. The fourth-order valence-electron chi connectivity index (χ4n) is 2.89. The van der Waals surface area contributed by atoms with Crippen molar-refractivity contribution in [2.75, 3.05) is 0 Å². The van der Waals surface area contributed by atoms with E-state index in [4.69, 9.17) is 4.98 Å². The number of halogens is 1. The third kappa shape index (κ3) is 3.13. The Bertz CT molecular complexity index is 585. The summed E-state index contributed by atoms with van der Waals surface area (Å²) in [4.78, 5) is 8.14. The van der Waals surface area contributed by atoms with Gasteiger partial charge >= 0.3 is 0 Å². The van der Waals surface area contributed by atoms with Crippen LogP contribution in [0.3, 0.4) is 0 Å². The molecule has 2 N–H and O–H groups in total. The number of hydrogen-bond acceptors (Lipinski definition) is 2. The SMILES string of the molecule is Cc1[nH]c(CNC2CCCC2)nc1-c1cccc(Br)c1. The van der Waals surface area contributed by atoms with Crippen LogP contribution in [0.1, 0.15) is 37.2 Å². The van der Waals surface area contributed by atoms with Gasteiger partial charge in [0.25, 0.3) is 0 Å². The minimum absolute atomic E-state index is 0.676. The number of aryl methyl sites for hydroxylation is 1. The van der Waals surface area contributed by atoms with E-state index in [2.05, 4.69) is 45.3 Å². The number of nitrogens with zero attached hydrogens (tertiary/aromatic N) is 1. The molecule has 106 valence electrons. The highest BCUT2D eigenvalue weighted by molar-refractivity contribution is 9.10. The van der Waals surface area contributed by atoms with Crippen molar-refractivity contribution >= 4 is 15.9 Å². The summed E-state index contributed by atoms with van der Waals surface area (Å²) in [5.41, 5.74) is 3.33. The molecule has 20 heavy (non-hydrogen) atoms. The lowest BCUT2D eigenvalue weighted by Gasteiger charge is -2.09. The monoisotopic (exact) mass is 333 g/mol. The zero-order valence-electron chi connectivity index (χ0n) is 11.7. The van der Waals surface area contributed by atoms with Crippen LogP contribution in [0.4, 0.5) is 0 Å². The number of H-pyrrole nitrogens is 1. The molecule has 0 atom stereocenters. The van der Waals surface area contributed by atoms with Crippen molar-refractivity contribution in [1.29, 1.82) is 0 Å². The van der Waals surface area contributed by atoms with E-state index in [1.807, 2.05) is 12.1 Å². The number of benzene rings is 1. The van der Waals surface area contributed by atoms with E-state index in [-0.39, 0.29) is 0 Å². The lowest BCUT2D eigenvalue weighted by Crippen LogP contribution is -2.25. The van der Waals surface area contributed by atoms with Gasteiger partial charge in [-0.2, -0.15) is 0 Å². The molecule has 0 radical (unpaired) electrons. The van der Waals surface area contributed by atoms with E-state index in [1.165, 1.54) is 25.7 Å². The molecule has 0 spiro atoms. The topological polar surface area (TPSA) is 40.7 Å². The summed E-state index contributed by atoms with van der Waals surface area (Å²) in [5, 5.41) is 3.60. The van der Waals surface area contributed by atoms with Crippen LogP contribution in [0, 0.1) is 6.92 Å². The molecular formula is C16H20BrN3. The average molecular weight is 334 g/mol. The summed E-state index contributed by atoms with van der Waals surface area (Å²) < 4.78 is 1.09. The highest BCUT2D eigenvalue weighted by atomic mass is 79.9. The molecule has 0 saturated heterocycles. The highest BCUT2D eigenvalue weighted by Crippen LogP contribution is 2.24. The Hall–Kier alpha value is -1.13. The Morgan fingerprint density at radius 2 is 2.15 bits per heavy atom. The number of aromatic amines is 1. The van der Waals surface area contributed by atoms with E-state index in [0.29, 0.717) is 6.04 Å². The van der Waals surface area contributed by atoms with Gasteiger partial charge in [-0.3, -0.25) is 0 Å². The van der Waals surface area contributed by atoms with Crippen molar-refractivity contribution < 1.29 is 0 Å². The van der Waals surface area contributed by atoms with Crippen molar-refractivity contribution in [3.8, 4) is 11.3 Å². The van der Waals surface area contributed by atoms with Gasteiger partial charge < -0.3 is 10.3 Å². The summed E-state index contributed by atoms with van der Waals surface area (Å²) in [6, 6.07) is 8.96. The van der Waals surface area contributed by atoms with E-state index in [1.54, 1.807) is 0 Å². The Morgan fingerprint density at radius 1 is 1.35 bits per heavy atom. The molecule has 1 fully saturated rings. The minimum atomic E-state index is 0.676. The Morgan fingerprint density at radius 3 is 2.90 bits per heavy atom. The molecule has 3 rings (SSSR count). The number of aromatic nitrogens is 2. The summed E-state index contributed by atoms with van der Waals surface area (Å²) >= 11 is 3.52. The van der Waals surface area contributed by atoms with E-state index in [9.17, 15) is 0 Å². The third-order valence-corrected chi connectivity index (χ3v) is 4.44. The van der Waals surface area contributed by atoms with Crippen molar-refractivity contribution in [3.05, 3.63) is 40.3 Å². The number of nitrogens with one attached hydrogen (secondary N) is 2. The standard InChI is InChI=1S/C16H20BrN3/c1-11-16(12-5-4-6-13(17)9-12)20-15(19-11)10-18-14-7-2-3-8-14/h4-6,9,14,18H,2-3,7-8,10H2,1H3,(H,19,20). The average Bonchev–Trinajstić information content (AvgIpc) is 3.05. The van der Waals surface area contributed by atoms with Gasteiger partial charge in [-0.15, -0.1) is 0 Å². The summed E-state index contributed by atoms with van der Waals surface area (Å²) in [5.74, 6) is 1.03. The van der Waals surface area contributed by atoms with E-state index >= 15 is 0 Å². The largest absolute Gasteiger partial charge is 0.344 e. The Kier molecular flexibility index (Phi) is 4.22. The predicted octanol–water partition coefficient (Wildman–Crippen LogP) is 4.18. The molecule has 0 aliphatic heterocycles. The molecule has 2 aromatic rings. The quantitative estimate of drug-likeness (QED) is 0.881. The number of hydrogen-bond donors (Lipinski definition) is 2. The van der Waals surface area contributed by atoms with E-state index in [0.717, 1.165) is 33.8 Å². The summed E-state index contributed by atoms with van der Waals surface area (Å²) in [6.07, 6.45) is 5.33. The minimum Gasteiger partial charge on any atom is -0.344 e. The molecular weight excluding hydrogens is 314 g/mol. The molecule has 3 nitrogen and oxygen atoms in total. The lowest BCUT2D eigenvalue weighted by atomic mass is 10.1. The molecule has 4 heteroatoms. The fraction of sp³-hybridized carbons (Fsp3) is 0.438. The van der Waals surface area contributed by atoms with Crippen LogP contribution < -0.4 is 5.32 Å². The normalized spacial score (nSPS) is 15.9. The van der Waals surface area contributed by atoms with Crippen LogP contribution in [0.25, 0.3) is 11.3 Å². The maximum Gasteiger partial charge on any atom is 0.121 e. The Labute approximate surface area is 128 Å². The van der Waals surface area contributed by atoms with Crippen LogP contribution in [0.15, 0.2) is 28.7 Å². The van der Waals surface area contributed by atoms with Gasteiger partial charge in [0.05, 0.1) is 12.2 Å². The third-order valence-electron chi connectivity index (χ3n) is 3.95. The van der Waals surface area contributed by atoms with Crippen molar-refractivity contribution in [3.63, 3.8) is 0 Å². The molecule has 1 saturated carbocycles. The van der Waals surface area contributed by atoms with Gasteiger partial charge in [0.2, 0.25) is 0 Å². The second-order valence-electron chi connectivity index (χ2n) is 5.53. The zero-order chi connectivity index (χ0) is 13.9. The van der Waals surface area contributed by atoms with Crippen LogP contribution in [-0.4, -0.2) is 16.0 Å².